The van der Waals surface area contributed by atoms with Crippen LogP contribution in [-0.4, -0.2) is 38.6 Å². The molecule has 19 heavy (non-hydrogen) atoms. The lowest BCUT2D eigenvalue weighted by Crippen LogP contribution is -2.35. The average Bonchev–Trinajstić information content (AvgIpc) is 2.41. The number of hydrogen-bond acceptors (Lipinski definition) is 3. The van der Waals surface area contributed by atoms with E-state index in [-0.39, 0.29) is 12.4 Å². The van der Waals surface area contributed by atoms with Gasteiger partial charge in [-0.1, -0.05) is 6.07 Å². The van der Waals surface area contributed by atoms with Crippen LogP contribution < -0.4 is 10.6 Å². The predicted molar refractivity (Wildman–Crippen MR) is 77.8 cm³/mol. The lowest BCUT2D eigenvalue weighted by molar-refractivity contribution is 0.222. The van der Waals surface area contributed by atoms with Gasteiger partial charge >= 0.3 is 0 Å². The molecule has 1 aliphatic heterocycles. The lowest BCUT2D eigenvalue weighted by Gasteiger charge is -2.32. The molecule has 1 fully saturated rings. The molecule has 2 rings (SSSR count). The lowest BCUT2D eigenvalue weighted by atomic mass is 9.96. The van der Waals surface area contributed by atoms with Crippen molar-refractivity contribution in [3.63, 3.8) is 0 Å². The summed E-state index contributed by atoms with van der Waals surface area (Å²) in [6.45, 7) is 3.58. The molecule has 0 aliphatic carbocycles. The first-order valence-corrected chi connectivity index (χ1v) is 6.98. The molecule has 0 radical (unpaired) electrons. The van der Waals surface area contributed by atoms with Crippen LogP contribution in [0.5, 0.6) is 0 Å². The molecule has 2 N–H and O–H groups in total. The van der Waals surface area contributed by atoms with Crippen molar-refractivity contribution >= 4 is 5.69 Å². The summed E-state index contributed by atoms with van der Waals surface area (Å²) in [6, 6.07) is 5.34. The maximum Gasteiger partial charge on any atom is 0.129 e. The Balaban J connectivity index is 1.96. The molecule has 1 saturated heterocycles. The van der Waals surface area contributed by atoms with E-state index in [0.717, 1.165) is 12.2 Å². The summed E-state index contributed by atoms with van der Waals surface area (Å²) < 4.78 is 13.7. The van der Waals surface area contributed by atoms with Crippen molar-refractivity contribution in [2.24, 2.45) is 11.7 Å². The third kappa shape index (κ3) is 3.67. The zero-order chi connectivity index (χ0) is 13.8. The fraction of sp³-hybridized carbons (Fsp3) is 0.600. The number of nitrogens with two attached hydrogens (primary N) is 1. The zero-order valence-corrected chi connectivity index (χ0v) is 11.9. The Morgan fingerprint density at radius 2 is 2.05 bits per heavy atom. The molecule has 0 unspecified atom stereocenters. The van der Waals surface area contributed by atoms with Crippen molar-refractivity contribution in [3.05, 3.63) is 29.6 Å². The van der Waals surface area contributed by atoms with Gasteiger partial charge in [0.05, 0.1) is 0 Å². The number of halogens is 1. The van der Waals surface area contributed by atoms with Gasteiger partial charge in [0.25, 0.3) is 0 Å². The summed E-state index contributed by atoms with van der Waals surface area (Å²) >= 11 is 0. The highest BCUT2D eigenvalue weighted by molar-refractivity contribution is 5.47. The van der Waals surface area contributed by atoms with E-state index < -0.39 is 0 Å². The number of likely N-dealkylation sites (tertiary alicyclic amines) is 1. The van der Waals surface area contributed by atoms with Gasteiger partial charge in [0.1, 0.15) is 5.82 Å². The Hall–Kier alpha value is -1.13. The van der Waals surface area contributed by atoms with E-state index in [4.69, 9.17) is 5.73 Å². The van der Waals surface area contributed by atoms with Gasteiger partial charge in [-0.05, 0) is 51.0 Å². The fourth-order valence-corrected chi connectivity index (χ4v) is 2.68. The molecule has 106 valence electrons. The first-order chi connectivity index (χ1) is 9.10. The van der Waals surface area contributed by atoms with Crippen LogP contribution in [0.4, 0.5) is 10.1 Å². The van der Waals surface area contributed by atoms with E-state index in [1.54, 1.807) is 12.1 Å². The van der Waals surface area contributed by atoms with Crippen LogP contribution in [0.1, 0.15) is 18.4 Å². The van der Waals surface area contributed by atoms with E-state index in [1.807, 2.05) is 13.1 Å². The molecule has 4 heteroatoms. The van der Waals surface area contributed by atoms with Gasteiger partial charge in [-0.2, -0.15) is 0 Å². The van der Waals surface area contributed by atoms with Gasteiger partial charge in [-0.3, -0.25) is 0 Å². The Bertz CT molecular complexity index is 414. The quantitative estimate of drug-likeness (QED) is 0.904. The minimum atomic E-state index is -0.199. The summed E-state index contributed by atoms with van der Waals surface area (Å²) in [5, 5.41) is 0. The molecule has 1 heterocycles. The first kappa shape index (κ1) is 14.3. The second kappa shape index (κ2) is 6.35. The number of rotatable bonds is 4. The van der Waals surface area contributed by atoms with Gasteiger partial charge < -0.3 is 15.5 Å². The molecule has 0 spiro atoms. The van der Waals surface area contributed by atoms with Gasteiger partial charge in [-0.15, -0.1) is 0 Å². The summed E-state index contributed by atoms with van der Waals surface area (Å²) in [6.07, 6.45) is 2.45. The summed E-state index contributed by atoms with van der Waals surface area (Å²) in [7, 11) is 4.20. The van der Waals surface area contributed by atoms with Crippen molar-refractivity contribution in [1.82, 2.24) is 4.90 Å². The van der Waals surface area contributed by atoms with Crippen molar-refractivity contribution in [2.45, 2.75) is 19.4 Å². The largest absolute Gasteiger partial charge is 0.374 e. The third-order valence-corrected chi connectivity index (χ3v) is 4.07. The topological polar surface area (TPSA) is 32.5 Å². The molecule has 3 nitrogen and oxygen atoms in total. The van der Waals surface area contributed by atoms with Gasteiger partial charge in [0, 0.05) is 31.4 Å². The first-order valence-electron chi connectivity index (χ1n) is 6.98. The van der Waals surface area contributed by atoms with Crippen LogP contribution in [0.25, 0.3) is 0 Å². The Labute approximate surface area is 115 Å². The van der Waals surface area contributed by atoms with Crippen molar-refractivity contribution in [2.75, 3.05) is 38.6 Å². The van der Waals surface area contributed by atoms with E-state index in [2.05, 4.69) is 16.8 Å². The Kier molecular flexibility index (Phi) is 4.77. The van der Waals surface area contributed by atoms with Crippen LogP contribution in [-0.2, 0) is 6.54 Å². The minimum absolute atomic E-state index is 0.199. The maximum atomic E-state index is 13.7. The smallest absolute Gasteiger partial charge is 0.129 e. The van der Waals surface area contributed by atoms with Gasteiger partial charge in [0.2, 0.25) is 0 Å². The zero-order valence-electron chi connectivity index (χ0n) is 11.9. The second-order valence-electron chi connectivity index (χ2n) is 5.61. The molecular weight excluding hydrogens is 241 g/mol. The molecule has 1 aromatic carbocycles. The molecule has 1 aliphatic rings. The van der Waals surface area contributed by atoms with E-state index in [0.29, 0.717) is 11.5 Å². The fourth-order valence-electron chi connectivity index (χ4n) is 2.68. The highest BCUT2D eigenvalue weighted by atomic mass is 19.1. The standard InChI is InChI=1S/C15H24FN3/c1-18-7-5-12(6-8-18)11-19(2)14-4-3-13(10-17)15(16)9-14/h3-4,9,12H,5-8,10-11,17H2,1-2H3. The molecule has 1 aromatic rings. The molecular formula is C15H24FN3. The van der Waals surface area contributed by atoms with Gasteiger partial charge in [-0.25, -0.2) is 4.39 Å². The number of anilines is 1. The molecule has 0 aromatic heterocycles. The van der Waals surface area contributed by atoms with Crippen LogP contribution in [0.3, 0.4) is 0 Å². The van der Waals surface area contributed by atoms with Crippen LogP contribution >= 0.6 is 0 Å². The highest BCUT2D eigenvalue weighted by Crippen LogP contribution is 2.22. The minimum Gasteiger partial charge on any atom is -0.374 e. The molecule has 0 amide bonds. The van der Waals surface area contributed by atoms with Crippen LogP contribution in [0.15, 0.2) is 18.2 Å². The predicted octanol–water partition coefficient (Wildman–Crippen LogP) is 2.06. The Morgan fingerprint density at radius 1 is 1.37 bits per heavy atom. The maximum absolute atomic E-state index is 13.7. The monoisotopic (exact) mass is 265 g/mol. The number of piperidine rings is 1. The van der Waals surface area contributed by atoms with E-state index in [1.165, 1.54) is 25.9 Å². The number of nitrogens with zero attached hydrogens (tertiary/aromatic N) is 2. The Morgan fingerprint density at radius 3 is 2.63 bits per heavy atom. The summed E-state index contributed by atoms with van der Waals surface area (Å²) in [5.74, 6) is 0.508. The van der Waals surface area contributed by atoms with Crippen LogP contribution in [0, 0.1) is 11.7 Å². The SMILES string of the molecule is CN1CCC(CN(C)c2ccc(CN)c(F)c2)CC1. The molecule has 0 saturated carbocycles. The number of hydrogen-bond donors (Lipinski definition) is 1. The van der Waals surface area contributed by atoms with E-state index >= 15 is 0 Å². The molecule has 0 atom stereocenters. The summed E-state index contributed by atoms with van der Waals surface area (Å²) in [5.41, 5.74) is 7.00. The summed E-state index contributed by atoms with van der Waals surface area (Å²) in [4.78, 5) is 4.52. The normalized spacial score (nSPS) is 17.7. The van der Waals surface area contributed by atoms with E-state index in [9.17, 15) is 4.39 Å². The van der Waals surface area contributed by atoms with Crippen molar-refractivity contribution in [1.29, 1.82) is 0 Å². The third-order valence-electron chi connectivity index (χ3n) is 4.07. The van der Waals surface area contributed by atoms with Gasteiger partial charge in [0.15, 0.2) is 0 Å². The van der Waals surface area contributed by atoms with Crippen molar-refractivity contribution < 1.29 is 4.39 Å². The highest BCUT2D eigenvalue weighted by Gasteiger charge is 2.18. The van der Waals surface area contributed by atoms with Crippen molar-refractivity contribution in [3.8, 4) is 0 Å². The second-order valence-corrected chi connectivity index (χ2v) is 5.61. The number of benzene rings is 1. The molecule has 0 bridgehead atoms. The average molecular weight is 265 g/mol. The van der Waals surface area contributed by atoms with Crippen LogP contribution in [0.2, 0.25) is 0 Å².